The van der Waals surface area contributed by atoms with Gasteiger partial charge in [-0.1, -0.05) is 19.6 Å². The summed E-state index contributed by atoms with van der Waals surface area (Å²) < 4.78 is 0. The Morgan fingerprint density at radius 2 is 1.78 bits per heavy atom. The molecule has 0 aliphatic heterocycles. The Kier molecular flexibility index (Phi) is 3.39. The zero-order valence-electron chi connectivity index (χ0n) is 6.99. The molecule has 9 heavy (non-hydrogen) atoms. The Morgan fingerprint density at radius 1 is 1.33 bits per heavy atom. The lowest BCUT2D eigenvalue weighted by Crippen LogP contribution is -2.40. The molecule has 0 aromatic carbocycles. The van der Waals surface area contributed by atoms with Crippen molar-refractivity contribution < 1.29 is 4.84 Å². The van der Waals surface area contributed by atoms with Crippen molar-refractivity contribution in [2.24, 2.45) is 0 Å². The molecule has 0 heterocycles. The third kappa shape index (κ3) is 3.67. The van der Waals surface area contributed by atoms with Gasteiger partial charge in [0.2, 0.25) is 0 Å². The van der Waals surface area contributed by atoms with Gasteiger partial charge in [-0.3, -0.25) is 0 Å². The summed E-state index contributed by atoms with van der Waals surface area (Å²) in [6.45, 7) is 8.97. The van der Waals surface area contributed by atoms with E-state index in [-0.39, 0.29) is 0 Å². The maximum absolute atomic E-state index is 5.22. The maximum atomic E-state index is 5.22. The van der Waals surface area contributed by atoms with Crippen LogP contribution < -0.4 is 5.48 Å². The predicted octanol–water partition coefficient (Wildman–Crippen LogP) is 1.40. The fraction of sp³-hybridized carbons (Fsp3) is 1.00. The Labute approximate surface area is 58.6 Å². The van der Waals surface area contributed by atoms with E-state index in [4.69, 9.17) is 4.84 Å². The Hall–Kier alpha value is 0.137. The average molecular weight is 147 g/mol. The monoisotopic (exact) mass is 147 g/mol. The van der Waals surface area contributed by atoms with Gasteiger partial charge in [-0.2, -0.15) is 0 Å². The summed E-state index contributed by atoms with van der Waals surface area (Å²) in [5.41, 5.74) is 3.10. The lowest BCUT2D eigenvalue weighted by Gasteiger charge is -2.23. The van der Waals surface area contributed by atoms with Crippen LogP contribution in [0.3, 0.4) is 0 Å². The summed E-state index contributed by atoms with van der Waals surface area (Å²) in [6.07, 6.45) is 0. The van der Waals surface area contributed by atoms with E-state index in [9.17, 15) is 0 Å². The molecule has 1 atom stereocenters. The predicted molar refractivity (Wildman–Crippen MR) is 43.0 cm³/mol. The fourth-order valence-corrected chi connectivity index (χ4v) is 0.825. The molecule has 0 bridgehead atoms. The van der Waals surface area contributed by atoms with Crippen molar-refractivity contribution >= 4 is 8.07 Å². The van der Waals surface area contributed by atoms with Gasteiger partial charge in [0.1, 0.15) is 0 Å². The molecular weight excluding hydrogens is 130 g/mol. The molecule has 0 saturated carbocycles. The van der Waals surface area contributed by atoms with E-state index < -0.39 is 8.07 Å². The Morgan fingerprint density at radius 3 is 1.89 bits per heavy atom. The average Bonchev–Trinajstić information content (AvgIpc) is 1.64. The minimum absolute atomic E-state index is 0.391. The molecule has 0 aromatic rings. The summed E-state index contributed by atoms with van der Waals surface area (Å²) >= 11 is 0. The van der Waals surface area contributed by atoms with E-state index in [1.54, 1.807) is 7.05 Å². The van der Waals surface area contributed by atoms with Crippen LogP contribution in [-0.2, 0) is 4.84 Å². The molecule has 3 heteroatoms. The highest BCUT2D eigenvalue weighted by atomic mass is 28.3. The van der Waals surface area contributed by atoms with Gasteiger partial charge in [-0.25, -0.2) is 5.48 Å². The number of rotatable bonds is 3. The molecule has 0 saturated heterocycles. The highest BCUT2D eigenvalue weighted by Crippen LogP contribution is 2.08. The Bertz CT molecular complexity index is 79.6. The van der Waals surface area contributed by atoms with E-state index in [0.717, 1.165) is 0 Å². The first kappa shape index (κ1) is 9.14. The van der Waals surface area contributed by atoms with Gasteiger partial charge in [0.15, 0.2) is 0 Å². The van der Waals surface area contributed by atoms with E-state index >= 15 is 0 Å². The second-order valence-electron chi connectivity index (χ2n) is 3.33. The van der Waals surface area contributed by atoms with E-state index in [1.807, 2.05) is 0 Å². The minimum atomic E-state index is -1.07. The van der Waals surface area contributed by atoms with Crippen LogP contribution in [0.1, 0.15) is 6.92 Å². The van der Waals surface area contributed by atoms with Crippen molar-refractivity contribution in [3.05, 3.63) is 0 Å². The summed E-state index contributed by atoms with van der Waals surface area (Å²) in [5, 5.41) is 0. The highest BCUT2D eigenvalue weighted by molar-refractivity contribution is 6.77. The van der Waals surface area contributed by atoms with Crippen molar-refractivity contribution in [1.82, 2.24) is 5.48 Å². The van der Waals surface area contributed by atoms with Crippen molar-refractivity contribution in [1.29, 1.82) is 0 Å². The van der Waals surface area contributed by atoms with Gasteiger partial charge in [0.25, 0.3) is 0 Å². The molecule has 0 aromatic heterocycles. The minimum Gasteiger partial charge on any atom is -0.303 e. The number of hydroxylamine groups is 1. The molecule has 1 N–H and O–H groups in total. The van der Waals surface area contributed by atoms with Gasteiger partial charge in [0, 0.05) is 7.05 Å². The summed E-state index contributed by atoms with van der Waals surface area (Å²) in [5.74, 6) is 0. The molecule has 0 spiro atoms. The normalized spacial score (nSPS) is 15.7. The van der Waals surface area contributed by atoms with Crippen LogP contribution in [0.15, 0.2) is 0 Å². The van der Waals surface area contributed by atoms with Crippen molar-refractivity contribution in [3.8, 4) is 0 Å². The molecule has 1 unspecified atom stereocenters. The first-order valence-corrected chi connectivity index (χ1v) is 6.88. The largest absolute Gasteiger partial charge is 0.303 e. The number of nitrogens with one attached hydrogen (secondary N) is 1. The lowest BCUT2D eigenvalue weighted by atomic mass is 10.9. The molecule has 56 valence electrons. The number of hydrogen-bond donors (Lipinski definition) is 1. The quantitative estimate of drug-likeness (QED) is 0.481. The molecule has 0 aliphatic rings. The summed E-state index contributed by atoms with van der Waals surface area (Å²) in [6, 6.07) is 0. The molecule has 2 nitrogen and oxygen atoms in total. The van der Waals surface area contributed by atoms with Gasteiger partial charge in [-0.05, 0) is 6.92 Å². The lowest BCUT2D eigenvalue weighted by molar-refractivity contribution is 0.0373. The van der Waals surface area contributed by atoms with Crippen LogP contribution in [-0.4, -0.2) is 20.8 Å². The van der Waals surface area contributed by atoms with Crippen LogP contribution in [0.4, 0.5) is 0 Å². The smallest absolute Gasteiger partial charge is 0.0808 e. The molecule has 0 amide bonds. The van der Waals surface area contributed by atoms with E-state index in [0.29, 0.717) is 5.73 Å². The van der Waals surface area contributed by atoms with Crippen LogP contribution in [0.2, 0.25) is 19.6 Å². The standard InChI is InChI=1S/C6H17NOSi/c1-6(8-7-2)9(3,4)5/h6-7H,1-5H3. The molecule has 0 fully saturated rings. The van der Waals surface area contributed by atoms with Crippen molar-refractivity contribution in [2.45, 2.75) is 32.3 Å². The van der Waals surface area contributed by atoms with Crippen molar-refractivity contribution in [2.75, 3.05) is 7.05 Å². The van der Waals surface area contributed by atoms with Gasteiger partial charge >= 0.3 is 0 Å². The van der Waals surface area contributed by atoms with E-state index in [1.165, 1.54) is 0 Å². The van der Waals surface area contributed by atoms with Crippen LogP contribution in [0, 0.1) is 0 Å². The second kappa shape index (κ2) is 3.34. The molecule has 0 aliphatic carbocycles. The maximum Gasteiger partial charge on any atom is 0.0808 e. The van der Waals surface area contributed by atoms with Gasteiger partial charge < -0.3 is 4.84 Å². The SMILES string of the molecule is CNOC(C)[Si](C)(C)C. The van der Waals surface area contributed by atoms with Crippen molar-refractivity contribution in [3.63, 3.8) is 0 Å². The Balaban J connectivity index is 3.59. The van der Waals surface area contributed by atoms with E-state index in [2.05, 4.69) is 32.0 Å². The third-order valence-electron chi connectivity index (χ3n) is 1.51. The van der Waals surface area contributed by atoms with Crippen LogP contribution in [0.25, 0.3) is 0 Å². The van der Waals surface area contributed by atoms with Crippen LogP contribution in [0.5, 0.6) is 0 Å². The van der Waals surface area contributed by atoms with Crippen LogP contribution >= 0.6 is 0 Å². The zero-order valence-corrected chi connectivity index (χ0v) is 7.99. The molecule has 0 radical (unpaired) electrons. The number of hydrogen-bond acceptors (Lipinski definition) is 2. The summed E-state index contributed by atoms with van der Waals surface area (Å²) in [4.78, 5) is 5.22. The third-order valence-corrected chi connectivity index (χ3v) is 4.07. The highest BCUT2D eigenvalue weighted by Gasteiger charge is 2.22. The summed E-state index contributed by atoms with van der Waals surface area (Å²) in [7, 11) is 0.736. The molecule has 0 rings (SSSR count). The van der Waals surface area contributed by atoms with Gasteiger partial charge in [-0.15, -0.1) is 0 Å². The first-order chi connectivity index (χ1) is 3.98. The second-order valence-corrected chi connectivity index (χ2v) is 8.88. The molecular formula is C6H17NOSi. The first-order valence-electron chi connectivity index (χ1n) is 3.31. The van der Waals surface area contributed by atoms with Gasteiger partial charge in [0.05, 0.1) is 13.8 Å². The topological polar surface area (TPSA) is 21.3 Å². The zero-order chi connectivity index (χ0) is 7.49. The fourth-order valence-electron chi connectivity index (χ4n) is 0.354.